The van der Waals surface area contributed by atoms with E-state index in [9.17, 15) is 10.1 Å². The van der Waals surface area contributed by atoms with Crippen molar-refractivity contribution in [3.05, 3.63) is 44.1 Å². The quantitative estimate of drug-likeness (QED) is 0.543. The number of anilines is 1. The lowest BCUT2D eigenvalue weighted by Crippen LogP contribution is -2.38. The van der Waals surface area contributed by atoms with E-state index in [4.69, 9.17) is 4.74 Å². The predicted molar refractivity (Wildman–Crippen MR) is 84.9 cm³/mol. The summed E-state index contributed by atoms with van der Waals surface area (Å²) in [6, 6.07) is 4.01. The van der Waals surface area contributed by atoms with Gasteiger partial charge in [0.1, 0.15) is 12.3 Å². The molecule has 1 unspecified atom stereocenters. The fourth-order valence-corrected chi connectivity index (χ4v) is 4.10. The summed E-state index contributed by atoms with van der Waals surface area (Å²) in [5.41, 5.74) is 0. The van der Waals surface area contributed by atoms with Crippen LogP contribution in [0.5, 0.6) is 0 Å². The fourth-order valence-electron chi connectivity index (χ4n) is 2.63. The van der Waals surface area contributed by atoms with Crippen molar-refractivity contribution in [2.75, 3.05) is 24.6 Å². The van der Waals surface area contributed by atoms with Crippen LogP contribution in [0.3, 0.4) is 0 Å². The third-order valence-electron chi connectivity index (χ3n) is 3.62. The number of nitro groups is 1. The van der Waals surface area contributed by atoms with Gasteiger partial charge in [-0.1, -0.05) is 17.4 Å². The lowest BCUT2D eigenvalue weighted by atomic mass is 10.2. The minimum Gasteiger partial charge on any atom is -0.369 e. The molecule has 4 heterocycles. The van der Waals surface area contributed by atoms with Crippen LogP contribution in [0.25, 0.3) is 4.96 Å². The molecule has 0 aromatic carbocycles. The molecule has 1 aliphatic rings. The molecule has 1 fully saturated rings. The van der Waals surface area contributed by atoms with Crippen LogP contribution < -0.4 is 4.90 Å². The Labute approximate surface area is 133 Å². The first-order chi connectivity index (χ1) is 10.7. The summed E-state index contributed by atoms with van der Waals surface area (Å²) in [6.07, 6.45) is 1.62. The highest BCUT2D eigenvalue weighted by molar-refractivity contribution is 7.15. The van der Waals surface area contributed by atoms with Gasteiger partial charge < -0.3 is 19.8 Å². The maximum atomic E-state index is 11.4. The normalized spacial score (nSPS) is 18.9. The van der Waals surface area contributed by atoms with Gasteiger partial charge in [-0.05, 0) is 16.4 Å². The average Bonchev–Trinajstić information content (AvgIpc) is 3.23. The van der Waals surface area contributed by atoms with Crippen molar-refractivity contribution in [3.8, 4) is 0 Å². The number of morpholine rings is 1. The van der Waals surface area contributed by atoms with Crippen LogP contribution in [0, 0.1) is 10.1 Å². The number of aromatic nitrogens is 2. The summed E-state index contributed by atoms with van der Waals surface area (Å²) in [6.45, 7) is 1.71. The molecule has 0 N–H and O–H groups in total. The van der Waals surface area contributed by atoms with Crippen molar-refractivity contribution < 1.29 is 9.66 Å². The molecule has 0 amide bonds. The van der Waals surface area contributed by atoms with Crippen molar-refractivity contribution >= 4 is 39.3 Å². The number of nitrogens with zero attached hydrogens (tertiary/aromatic N) is 4. The summed E-state index contributed by atoms with van der Waals surface area (Å²) < 4.78 is 7.33. The van der Waals surface area contributed by atoms with Gasteiger partial charge >= 0.3 is 5.82 Å². The number of thiophene rings is 1. The van der Waals surface area contributed by atoms with Crippen molar-refractivity contribution in [1.82, 2.24) is 9.38 Å². The van der Waals surface area contributed by atoms with E-state index in [1.807, 2.05) is 22.4 Å². The average molecular weight is 336 g/mol. The molecule has 4 rings (SSSR count). The molecule has 0 bridgehead atoms. The Morgan fingerprint density at radius 2 is 2.32 bits per heavy atom. The number of ether oxygens (including phenoxy) is 1. The number of imidazole rings is 1. The second kappa shape index (κ2) is 5.34. The molecule has 3 aromatic rings. The zero-order valence-corrected chi connectivity index (χ0v) is 13.0. The van der Waals surface area contributed by atoms with Crippen molar-refractivity contribution in [2.24, 2.45) is 0 Å². The van der Waals surface area contributed by atoms with Crippen LogP contribution >= 0.6 is 22.7 Å². The highest BCUT2D eigenvalue weighted by Crippen LogP contribution is 2.34. The van der Waals surface area contributed by atoms with Gasteiger partial charge in [-0.3, -0.25) is 0 Å². The Bertz CT molecular complexity index is 811. The summed E-state index contributed by atoms with van der Waals surface area (Å²) in [5, 5.41) is 15.2. The number of thiazole rings is 1. The van der Waals surface area contributed by atoms with Crippen LogP contribution in [-0.4, -0.2) is 34.0 Å². The van der Waals surface area contributed by atoms with Crippen LogP contribution in [0.2, 0.25) is 0 Å². The number of hydrogen-bond donors (Lipinski definition) is 0. The first-order valence-corrected chi connectivity index (χ1v) is 8.50. The zero-order chi connectivity index (χ0) is 15.1. The van der Waals surface area contributed by atoms with Crippen molar-refractivity contribution in [1.29, 1.82) is 0 Å². The predicted octanol–water partition coefficient (Wildman–Crippen LogP) is 2.94. The molecule has 0 spiro atoms. The lowest BCUT2D eigenvalue weighted by molar-refractivity contribution is -0.389. The van der Waals surface area contributed by atoms with E-state index in [0.29, 0.717) is 30.5 Å². The van der Waals surface area contributed by atoms with Crippen molar-refractivity contribution in [3.63, 3.8) is 0 Å². The van der Waals surface area contributed by atoms with Crippen LogP contribution in [0.1, 0.15) is 11.0 Å². The van der Waals surface area contributed by atoms with E-state index < -0.39 is 0 Å². The van der Waals surface area contributed by atoms with E-state index in [1.54, 1.807) is 22.9 Å². The Hall–Kier alpha value is -1.97. The molecule has 1 aliphatic heterocycles. The molecular weight excluding hydrogens is 324 g/mol. The first kappa shape index (κ1) is 13.7. The molecule has 7 nitrogen and oxygen atoms in total. The van der Waals surface area contributed by atoms with E-state index in [2.05, 4.69) is 4.98 Å². The van der Waals surface area contributed by atoms with Gasteiger partial charge in [-0.25, -0.2) is 0 Å². The van der Waals surface area contributed by atoms with Crippen LogP contribution in [-0.2, 0) is 4.74 Å². The van der Waals surface area contributed by atoms with Gasteiger partial charge in [-0.2, -0.15) is 9.38 Å². The molecule has 1 atom stereocenters. The molecule has 1 saturated heterocycles. The second-order valence-electron chi connectivity index (χ2n) is 4.89. The standard InChI is InChI=1S/C13H12N4O3S2/c18-17(19)12-11(14-13-16(12)4-7-22-13)15-3-5-20-9(8-15)10-2-1-6-21-10/h1-2,4,6-7,9H,3,5,8H2. The maximum absolute atomic E-state index is 11.4. The molecule has 0 saturated carbocycles. The molecule has 3 aromatic heterocycles. The molecule has 9 heteroatoms. The van der Waals surface area contributed by atoms with E-state index in [0.717, 1.165) is 4.88 Å². The largest absolute Gasteiger partial charge is 0.373 e. The topological polar surface area (TPSA) is 72.9 Å². The zero-order valence-electron chi connectivity index (χ0n) is 11.4. The van der Waals surface area contributed by atoms with E-state index >= 15 is 0 Å². The molecule has 114 valence electrons. The SMILES string of the molecule is O=[N+]([O-])c1c(N2CCOC(c3cccs3)C2)nc2sccn12. The number of fused-ring (bicyclic) bond motifs is 1. The van der Waals surface area contributed by atoms with Crippen LogP contribution in [0.4, 0.5) is 11.6 Å². The Morgan fingerprint density at radius 1 is 1.41 bits per heavy atom. The van der Waals surface area contributed by atoms with E-state index in [-0.39, 0.29) is 16.8 Å². The minimum absolute atomic E-state index is 0.0306. The smallest absolute Gasteiger partial charge is 0.369 e. The molecule has 0 radical (unpaired) electrons. The summed E-state index contributed by atoms with van der Waals surface area (Å²) >= 11 is 3.03. The highest BCUT2D eigenvalue weighted by atomic mass is 32.1. The number of rotatable bonds is 3. The van der Waals surface area contributed by atoms with Gasteiger partial charge in [0.25, 0.3) is 4.96 Å². The first-order valence-electron chi connectivity index (χ1n) is 6.74. The summed E-state index contributed by atoms with van der Waals surface area (Å²) in [7, 11) is 0. The van der Waals surface area contributed by atoms with Gasteiger partial charge in [0.05, 0.1) is 13.2 Å². The van der Waals surface area contributed by atoms with Gasteiger partial charge in [0, 0.05) is 16.8 Å². The summed E-state index contributed by atoms with van der Waals surface area (Å²) in [4.78, 5) is 19.2. The lowest BCUT2D eigenvalue weighted by Gasteiger charge is -2.32. The Morgan fingerprint density at radius 3 is 3.09 bits per heavy atom. The minimum atomic E-state index is -0.363. The van der Waals surface area contributed by atoms with Gasteiger partial charge in [0.2, 0.25) is 5.82 Å². The maximum Gasteiger partial charge on any atom is 0.373 e. The monoisotopic (exact) mass is 336 g/mol. The number of hydrogen-bond acceptors (Lipinski definition) is 7. The third kappa shape index (κ3) is 2.18. The van der Waals surface area contributed by atoms with Gasteiger partial charge in [-0.15, -0.1) is 11.3 Å². The van der Waals surface area contributed by atoms with Gasteiger partial charge in [0.15, 0.2) is 0 Å². The fraction of sp³-hybridized carbons (Fsp3) is 0.308. The van der Waals surface area contributed by atoms with Crippen molar-refractivity contribution in [2.45, 2.75) is 6.10 Å². The molecular formula is C13H12N4O3S2. The third-order valence-corrected chi connectivity index (χ3v) is 5.34. The van der Waals surface area contributed by atoms with Crippen LogP contribution in [0.15, 0.2) is 29.1 Å². The molecule has 22 heavy (non-hydrogen) atoms. The second-order valence-corrected chi connectivity index (χ2v) is 6.74. The summed E-state index contributed by atoms with van der Waals surface area (Å²) in [5.74, 6) is 0.463. The molecule has 0 aliphatic carbocycles. The van der Waals surface area contributed by atoms with E-state index in [1.165, 1.54) is 15.7 Å². The Kier molecular flexibility index (Phi) is 3.32. The Balaban J connectivity index is 1.70. The highest BCUT2D eigenvalue weighted by Gasteiger charge is 2.32.